The van der Waals surface area contributed by atoms with E-state index in [4.69, 9.17) is 9.47 Å². The molecule has 0 aromatic carbocycles. The Morgan fingerprint density at radius 3 is 1.89 bits per heavy atom. The van der Waals surface area contributed by atoms with Crippen molar-refractivity contribution in [1.29, 1.82) is 0 Å². The molecule has 0 bridgehead atoms. The summed E-state index contributed by atoms with van der Waals surface area (Å²) in [5, 5.41) is 0. The summed E-state index contributed by atoms with van der Waals surface area (Å²) in [7, 11) is 2.57. The van der Waals surface area contributed by atoms with Gasteiger partial charge in [-0.3, -0.25) is 9.59 Å². The van der Waals surface area contributed by atoms with Crippen LogP contribution in [-0.4, -0.2) is 26.2 Å². The molecule has 0 saturated heterocycles. The Morgan fingerprint density at radius 1 is 1.17 bits per heavy atom. The Balaban J connectivity index is 5.77. The van der Waals surface area contributed by atoms with Crippen LogP contribution in [0.3, 0.4) is 0 Å². The van der Waals surface area contributed by atoms with Gasteiger partial charge in [0.25, 0.3) is 0 Å². The van der Waals surface area contributed by atoms with Crippen LogP contribution in [0.5, 0.6) is 0 Å². The number of rotatable bonds is 7. The minimum Gasteiger partial charge on any atom is -0.468 e. The lowest BCUT2D eigenvalue weighted by molar-refractivity contribution is -0.177. The van der Waals surface area contributed by atoms with Crippen LogP contribution in [-0.2, 0) is 19.1 Å². The number of carbonyl (C=O) groups is 2. The number of esters is 2. The maximum Gasteiger partial charge on any atom is 0.324 e. The molecule has 4 heteroatoms. The van der Waals surface area contributed by atoms with E-state index in [9.17, 15) is 9.59 Å². The Bertz CT molecular complexity index is 302. The first-order valence-corrected chi connectivity index (χ1v) is 6.14. The lowest BCUT2D eigenvalue weighted by atomic mass is 9.62. The van der Waals surface area contributed by atoms with E-state index in [1.54, 1.807) is 19.9 Å². The maximum atomic E-state index is 12.2. The van der Waals surface area contributed by atoms with E-state index in [1.807, 2.05) is 6.92 Å². The average molecular weight is 256 g/mol. The standard InChI is InChI=1S/C14H24O4/c1-7-9-10-14(11(15)17-5,12(16)18-6)13(3,4)8-2/h8H,2,7,9-10H2,1,3-6H3. The van der Waals surface area contributed by atoms with Gasteiger partial charge in [-0.15, -0.1) is 6.58 Å². The molecule has 0 aromatic rings. The second-order valence-corrected chi connectivity index (χ2v) is 4.92. The smallest absolute Gasteiger partial charge is 0.324 e. The van der Waals surface area contributed by atoms with Crippen molar-refractivity contribution in [3.63, 3.8) is 0 Å². The molecule has 104 valence electrons. The van der Waals surface area contributed by atoms with Crippen LogP contribution in [0.2, 0.25) is 0 Å². The van der Waals surface area contributed by atoms with Gasteiger partial charge in [0.2, 0.25) is 0 Å². The van der Waals surface area contributed by atoms with Crippen molar-refractivity contribution >= 4 is 11.9 Å². The number of unbranched alkanes of at least 4 members (excludes halogenated alkanes) is 1. The molecular formula is C14H24O4. The van der Waals surface area contributed by atoms with Gasteiger partial charge in [0, 0.05) is 5.41 Å². The summed E-state index contributed by atoms with van der Waals surface area (Å²) >= 11 is 0. The van der Waals surface area contributed by atoms with Gasteiger partial charge in [0.15, 0.2) is 5.41 Å². The molecule has 0 atom stereocenters. The van der Waals surface area contributed by atoms with Gasteiger partial charge in [0.05, 0.1) is 14.2 Å². The van der Waals surface area contributed by atoms with Gasteiger partial charge in [-0.25, -0.2) is 0 Å². The number of ether oxygens (including phenoxy) is 2. The summed E-state index contributed by atoms with van der Waals surface area (Å²) < 4.78 is 9.67. The quantitative estimate of drug-likeness (QED) is 0.399. The zero-order chi connectivity index (χ0) is 14.4. The fraction of sp³-hybridized carbons (Fsp3) is 0.714. The minimum absolute atomic E-state index is 0.391. The van der Waals surface area contributed by atoms with Crippen LogP contribution in [0.15, 0.2) is 12.7 Å². The summed E-state index contributed by atoms with van der Waals surface area (Å²) in [6.45, 7) is 9.31. The molecule has 0 radical (unpaired) electrons. The summed E-state index contributed by atoms with van der Waals surface area (Å²) in [5.74, 6) is -1.12. The molecule has 0 aliphatic rings. The van der Waals surface area contributed by atoms with Gasteiger partial charge in [-0.05, 0) is 6.42 Å². The number of carbonyl (C=O) groups excluding carboxylic acids is 2. The van der Waals surface area contributed by atoms with Crippen LogP contribution >= 0.6 is 0 Å². The van der Waals surface area contributed by atoms with Gasteiger partial charge in [-0.1, -0.05) is 39.7 Å². The number of allylic oxidation sites excluding steroid dienone is 1. The number of hydrogen-bond donors (Lipinski definition) is 0. The fourth-order valence-electron chi connectivity index (χ4n) is 2.10. The highest BCUT2D eigenvalue weighted by molar-refractivity contribution is 6.01. The van der Waals surface area contributed by atoms with Crippen molar-refractivity contribution in [2.24, 2.45) is 10.8 Å². The molecule has 0 unspecified atom stereocenters. The highest BCUT2D eigenvalue weighted by Crippen LogP contribution is 2.46. The van der Waals surface area contributed by atoms with Crippen LogP contribution in [0.25, 0.3) is 0 Å². The van der Waals surface area contributed by atoms with Crippen LogP contribution in [0.1, 0.15) is 40.0 Å². The summed E-state index contributed by atoms with van der Waals surface area (Å²) in [4.78, 5) is 24.3. The van der Waals surface area contributed by atoms with E-state index >= 15 is 0 Å². The molecule has 0 heterocycles. The first-order valence-electron chi connectivity index (χ1n) is 6.14. The van der Waals surface area contributed by atoms with E-state index in [0.717, 1.165) is 12.8 Å². The van der Waals surface area contributed by atoms with Gasteiger partial charge in [-0.2, -0.15) is 0 Å². The molecule has 0 spiro atoms. The fourth-order valence-corrected chi connectivity index (χ4v) is 2.10. The number of methoxy groups -OCH3 is 2. The predicted molar refractivity (Wildman–Crippen MR) is 70.0 cm³/mol. The van der Waals surface area contributed by atoms with Gasteiger partial charge < -0.3 is 9.47 Å². The van der Waals surface area contributed by atoms with E-state index in [2.05, 4.69) is 6.58 Å². The predicted octanol–water partition coefficient (Wildman–Crippen LogP) is 2.72. The molecule has 0 aliphatic heterocycles. The van der Waals surface area contributed by atoms with Crippen LogP contribution in [0.4, 0.5) is 0 Å². The molecule has 0 fully saturated rings. The minimum atomic E-state index is -1.33. The van der Waals surface area contributed by atoms with Crippen molar-refractivity contribution in [2.45, 2.75) is 40.0 Å². The zero-order valence-electron chi connectivity index (χ0n) is 12.0. The highest BCUT2D eigenvalue weighted by atomic mass is 16.5. The Hall–Kier alpha value is -1.32. The molecular weight excluding hydrogens is 232 g/mol. The molecule has 0 rings (SSSR count). The monoisotopic (exact) mass is 256 g/mol. The van der Waals surface area contributed by atoms with E-state index in [0.29, 0.717) is 6.42 Å². The SMILES string of the molecule is C=CC(C)(C)C(CCCC)(C(=O)OC)C(=O)OC. The van der Waals surface area contributed by atoms with Crippen LogP contribution in [0, 0.1) is 10.8 Å². The molecule has 0 amide bonds. The van der Waals surface area contributed by atoms with E-state index < -0.39 is 22.8 Å². The lowest BCUT2D eigenvalue weighted by Gasteiger charge is -2.40. The molecule has 4 nitrogen and oxygen atoms in total. The molecule has 18 heavy (non-hydrogen) atoms. The first-order chi connectivity index (χ1) is 8.33. The van der Waals surface area contributed by atoms with Crippen LogP contribution < -0.4 is 0 Å². The highest BCUT2D eigenvalue weighted by Gasteiger charge is 2.57. The van der Waals surface area contributed by atoms with E-state index in [-0.39, 0.29) is 0 Å². The topological polar surface area (TPSA) is 52.6 Å². The normalized spacial score (nSPS) is 11.8. The summed E-state index contributed by atoms with van der Waals surface area (Å²) in [5.41, 5.74) is -2.06. The maximum absolute atomic E-state index is 12.2. The second-order valence-electron chi connectivity index (χ2n) is 4.92. The average Bonchev–Trinajstić information content (AvgIpc) is 2.38. The third-order valence-corrected chi connectivity index (χ3v) is 3.58. The summed E-state index contributed by atoms with van der Waals surface area (Å²) in [6, 6.07) is 0. The molecule has 0 saturated carbocycles. The van der Waals surface area contributed by atoms with Crippen molar-refractivity contribution in [3.8, 4) is 0 Å². The lowest BCUT2D eigenvalue weighted by Crippen LogP contribution is -2.51. The third kappa shape index (κ3) is 2.74. The second kappa shape index (κ2) is 6.57. The molecule has 0 aromatic heterocycles. The van der Waals surface area contributed by atoms with Gasteiger partial charge in [0.1, 0.15) is 0 Å². The Kier molecular flexibility index (Phi) is 6.09. The van der Waals surface area contributed by atoms with Gasteiger partial charge >= 0.3 is 11.9 Å². The molecule has 0 aliphatic carbocycles. The Labute approximate surface area is 109 Å². The first kappa shape index (κ1) is 16.7. The Morgan fingerprint density at radius 2 is 1.61 bits per heavy atom. The third-order valence-electron chi connectivity index (χ3n) is 3.58. The van der Waals surface area contributed by atoms with Crippen molar-refractivity contribution in [3.05, 3.63) is 12.7 Å². The molecule has 0 N–H and O–H groups in total. The summed E-state index contributed by atoms with van der Waals surface area (Å²) in [6.07, 6.45) is 3.61. The zero-order valence-corrected chi connectivity index (χ0v) is 12.0. The largest absolute Gasteiger partial charge is 0.468 e. The number of hydrogen-bond acceptors (Lipinski definition) is 4. The van der Waals surface area contributed by atoms with Crippen molar-refractivity contribution < 1.29 is 19.1 Å². The van der Waals surface area contributed by atoms with Crippen molar-refractivity contribution in [1.82, 2.24) is 0 Å². The van der Waals surface area contributed by atoms with Crippen molar-refractivity contribution in [2.75, 3.05) is 14.2 Å². The van der Waals surface area contributed by atoms with E-state index in [1.165, 1.54) is 14.2 Å².